The lowest BCUT2D eigenvalue weighted by atomic mass is 10.3. The van der Waals surface area contributed by atoms with Crippen LogP contribution in [-0.4, -0.2) is 11.5 Å². The first-order valence-corrected chi connectivity index (χ1v) is 5.36. The van der Waals surface area contributed by atoms with E-state index in [0.717, 1.165) is 23.5 Å². The summed E-state index contributed by atoms with van der Waals surface area (Å²) in [6.07, 6.45) is 1.35. The van der Waals surface area contributed by atoms with Crippen molar-refractivity contribution in [3.63, 3.8) is 0 Å². The summed E-state index contributed by atoms with van der Waals surface area (Å²) in [5, 5.41) is 6.66. The number of thiazole rings is 1. The van der Waals surface area contributed by atoms with E-state index in [2.05, 4.69) is 17.2 Å². The number of rotatable bonds is 3. The van der Waals surface area contributed by atoms with Crippen LogP contribution in [0.3, 0.4) is 0 Å². The third kappa shape index (κ3) is 1.90. The Bertz CT molecular complexity index is 274. The molecule has 1 heterocycles. The molecule has 0 bridgehead atoms. The minimum Gasteiger partial charge on any atom is -0.361 e. The largest absolute Gasteiger partial charge is 0.361 e. The Kier molecular flexibility index (Phi) is 2.24. The predicted molar refractivity (Wildman–Crippen MR) is 52.9 cm³/mol. The third-order valence-electron chi connectivity index (χ3n) is 2.27. The van der Waals surface area contributed by atoms with Gasteiger partial charge < -0.3 is 5.32 Å². The molecule has 12 heavy (non-hydrogen) atoms. The highest BCUT2D eigenvalue weighted by Gasteiger charge is 2.31. The SMILES string of the molecule is CC1CC1CNc1nc(Cl)cs1. The van der Waals surface area contributed by atoms with Gasteiger partial charge in [-0.25, -0.2) is 4.98 Å². The molecule has 1 aromatic rings. The maximum Gasteiger partial charge on any atom is 0.184 e. The number of hydrogen-bond donors (Lipinski definition) is 1. The Morgan fingerprint density at radius 1 is 1.83 bits per heavy atom. The number of anilines is 1. The second-order valence-corrected chi connectivity index (χ2v) is 4.57. The third-order valence-corrected chi connectivity index (χ3v) is 3.39. The summed E-state index contributed by atoms with van der Waals surface area (Å²) in [5.41, 5.74) is 0. The number of nitrogens with zero attached hydrogens (tertiary/aromatic N) is 1. The second-order valence-electron chi connectivity index (χ2n) is 3.33. The van der Waals surface area contributed by atoms with Crippen LogP contribution in [0.2, 0.25) is 5.15 Å². The molecule has 0 aromatic carbocycles. The lowest BCUT2D eigenvalue weighted by Crippen LogP contribution is -2.03. The van der Waals surface area contributed by atoms with Crippen LogP contribution in [0.25, 0.3) is 0 Å². The van der Waals surface area contributed by atoms with Crippen molar-refractivity contribution in [2.45, 2.75) is 13.3 Å². The van der Waals surface area contributed by atoms with Crippen molar-refractivity contribution in [2.24, 2.45) is 11.8 Å². The van der Waals surface area contributed by atoms with Crippen LogP contribution in [0.15, 0.2) is 5.38 Å². The average Bonchev–Trinajstić information content (AvgIpc) is 2.56. The fourth-order valence-electron chi connectivity index (χ4n) is 1.24. The summed E-state index contributed by atoms with van der Waals surface area (Å²) >= 11 is 7.25. The zero-order valence-electron chi connectivity index (χ0n) is 6.88. The molecule has 0 spiro atoms. The van der Waals surface area contributed by atoms with Crippen molar-refractivity contribution in [3.05, 3.63) is 10.5 Å². The molecule has 2 atom stereocenters. The Morgan fingerprint density at radius 3 is 3.08 bits per heavy atom. The molecule has 2 rings (SSSR count). The summed E-state index contributed by atoms with van der Waals surface area (Å²) < 4.78 is 0. The molecule has 1 aromatic heterocycles. The monoisotopic (exact) mass is 202 g/mol. The molecule has 1 aliphatic carbocycles. The van der Waals surface area contributed by atoms with Crippen LogP contribution in [-0.2, 0) is 0 Å². The first-order valence-electron chi connectivity index (χ1n) is 4.10. The van der Waals surface area contributed by atoms with Crippen LogP contribution in [0.5, 0.6) is 0 Å². The summed E-state index contributed by atoms with van der Waals surface area (Å²) in [5.74, 6) is 1.75. The smallest absolute Gasteiger partial charge is 0.184 e. The van der Waals surface area contributed by atoms with E-state index in [1.54, 1.807) is 11.3 Å². The van der Waals surface area contributed by atoms with Gasteiger partial charge in [0.1, 0.15) is 5.15 Å². The van der Waals surface area contributed by atoms with Gasteiger partial charge in [0, 0.05) is 11.9 Å². The Labute approximate surface area is 81.0 Å². The molecular formula is C8H11ClN2S. The standard InChI is InChI=1S/C8H11ClN2S/c1-5-2-6(5)3-10-8-11-7(9)4-12-8/h4-6H,2-3H2,1H3,(H,10,11). The highest BCUT2D eigenvalue weighted by molar-refractivity contribution is 7.14. The van der Waals surface area contributed by atoms with Crippen molar-refractivity contribution in [1.82, 2.24) is 4.98 Å². The van der Waals surface area contributed by atoms with Gasteiger partial charge in [0.15, 0.2) is 5.13 Å². The molecule has 0 aliphatic heterocycles. The lowest BCUT2D eigenvalue weighted by molar-refractivity contribution is 0.786. The fraction of sp³-hybridized carbons (Fsp3) is 0.625. The quantitative estimate of drug-likeness (QED) is 0.816. The molecule has 0 radical (unpaired) electrons. The number of nitrogens with one attached hydrogen (secondary N) is 1. The van der Waals surface area contributed by atoms with E-state index in [0.29, 0.717) is 5.15 Å². The molecule has 2 nitrogen and oxygen atoms in total. The van der Waals surface area contributed by atoms with Crippen molar-refractivity contribution >= 4 is 28.1 Å². The van der Waals surface area contributed by atoms with Crippen molar-refractivity contribution in [1.29, 1.82) is 0 Å². The predicted octanol–water partition coefficient (Wildman–Crippen LogP) is 2.86. The summed E-state index contributed by atoms with van der Waals surface area (Å²) in [6.45, 7) is 3.33. The highest BCUT2D eigenvalue weighted by Crippen LogP contribution is 2.37. The molecule has 1 N–H and O–H groups in total. The Morgan fingerprint density at radius 2 is 2.58 bits per heavy atom. The van der Waals surface area contributed by atoms with E-state index in [1.165, 1.54) is 6.42 Å². The van der Waals surface area contributed by atoms with Crippen molar-refractivity contribution in [2.75, 3.05) is 11.9 Å². The van der Waals surface area contributed by atoms with E-state index in [4.69, 9.17) is 11.6 Å². The molecule has 2 unspecified atom stereocenters. The van der Waals surface area contributed by atoms with Crippen LogP contribution in [0, 0.1) is 11.8 Å². The topological polar surface area (TPSA) is 24.9 Å². The Balaban J connectivity index is 1.80. The van der Waals surface area contributed by atoms with E-state index in [1.807, 2.05) is 5.38 Å². The zero-order valence-corrected chi connectivity index (χ0v) is 8.45. The summed E-state index contributed by atoms with van der Waals surface area (Å²) in [4.78, 5) is 4.11. The average molecular weight is 203 g/mol. The molecule has 1 fully saturated rings. The van der Waals surface area contributed by atoms with Gasteiger partial charge in [0.2, 0.25) is 0 Å². The van der Waals surface area contributed by atoms with Crippen molar-refractivity contribution in [3.8, 4) is 0 Å². The molecule has 0 saturated heterocycles. The Hall–Kier alpha value is -0.280. The van der Waals surface area contributed by atoms with Gasteiger partial charge in [0.25, 0.3) is 0 Å². The van der Waals surface area contributed by atoms with Gasteiger partial charge in [0.05, 0.1) is 0 Å². The maximum absolute atomic E-state index is 5.68. The molecule has 0 amide bonds. The molecule has 1 saturated carbocycles. The van der Waals surface area contributed by atoms with Crippen LogP contribution < -0.4 is 5.32 Å². The number of hydrogen-bond acceptors (Lipinski definition) is 3. The van der Waals surface area contributed by atoms with Crippen LogP contribution in [0.1, 0.15) is 13.3 Å². The number of halogens is 1. The maximum atomic E-state index is 5.68. The summed E-state index contributed by atoms with van der Waals surface area (Å²) in [7, 11) is 0. The lowest BCUT2D eigenvalue weighted by Gasteiger charge is -1.98. The highest BCUT2D eigenvalue weighted by atomic mass is 35.5. The minimum atomic E-state index is 0.589. The first kappa shape index (κ1) is 8.32. The van der Waals surface area contributed by atoms with Crippen LogP contribution >= 0.6 is 22.9 Å². The van der Waals surface area contributed by atoms with Gasteiger partial charge in [-0.15, -0.1) is 11.3 Å². The van der Waals surface area contributed by atoms with E-state index >= 15 is 0 Å². The first-order chi connectivity index (χ1) is 5.75. The minimum absolute atomic E-state index is 0.589. The molecule has 4 heteroatoms. The fourth-order valence-corrected chi connectivity index (χ4v) is 2.08. The van der Waals surface area contributed by atoms with E-state index in [-0.39, 0.29) is 0 Å². The molecule has 66 valence electrons. The normalized spacial score (nSPS) is 27.2. The van der Waals surface area contributed by atoms with Gasteiger partial charge in [-0.3, -0.25) is 0 Å². The van der Waals surface area contributed by atoms with Crippen LogP contribution in [0.4, 0.5) is 5.13 Å². The van der Waals surface area contributed by atoms with Gasteiger partial charge in [-0.2, -0.15) is 0 Å². The number of aromatic nitrogens is 1. The second kappa shape index (κ2) is 3.23. The van der Waals surface area contributed by atoms with E-state index < -0.39 is 0 Å². The van der Waals surface area contributed by atoms with Gasteiger partial charge in [-0.1, -0.05) is 18.5 Å². The molecule has 1 aliphatic rings. The van der Waals surface area contributed by atoms with Crippen molar-refractivity contribution < 1.29 is 0 Å². The summed E-state index contributed by atoms with van der Waals surface area (Å²) in [6, 6.07) is 0. The van der Waals surface area contributed by atoms with Gasteiger partial charge in [-0.05, 0) is 18.3 Å². The zero-order chi connectivity index (χ0) is 8.55. The molecular weight excluding hydrogens is 192 g/mol. The van der Waals surface area contributed by atoms with Gasteiger partial charge >= 0.3 is 0 Å². The van der Waals surface area contributed by atoms with E-state index in [9.17, 15) is 0 Å².